The SMILES string of the molecule is Br.Br.CCCCCCCC(C)(C)N.CCCCCCCC(C)(C)N. The van der Waals surface area contributed by atoms with E-state index in [1.54, 1.807) is 0 Å². The maximum atomic E-state index is 5.85. The zero-order valence-electron chi connectivity index (χ0n) is 17.5. The Balaban J connectivity index is -0.000000154. The van der Waals surface area contributed by atoms with Crippen molar-refractivity contribution in [1.82, 2.24) is 0 Å². The van der Waals surface area contributed by atoms with Crippen molar-refractivity contribution in [1.29, 1.82) is 0 Å². The Labute approximate surface area is 174 Å². The molecule has 0 atom stereocenters. The summed E-state index contributed by atoms with van der Waals surface area (Å²) in [5, 5.41) is 0. The Morgan fingerprint density at radius 2 is 0.750 bits per heavy atom. The van der Waals surface area contributed by atoms with Gasteiger partial charge in [0.15, 0.2) is 0 Å². The van der Waals surface area contributed by atoms with Crippen LogP contribution in [0.3, 0.4) is 0 Å². The summed E-state index contributed by atoms with van der Waals surface area (Å²) in [6.07, 6.45) is 15.8. The van der Waals surface area contributed by atoms with Gasteiger partial charge in [-0.2, -0.15) is 0 Å². The summed E-state index contributed by atoms with van der Waals surface area (Å²) in [5.41, 5.74) is 11.8. The van der Waals surface area contributed by atoms with E-state index in [9.17, 15) is 0 Å². The summed E-state index contributed by atoms with van der Waals surface area (Å²) in [6.45, 7) is 12.9. The van der Waals surface area contributed by atoms with Crippen LogP contribution in [0.1, 0.15) is 119 Å². The monoisotopic (exact) mass is 474 g/mol. The molecule has 4 N–H and O–H groups in total. The standard InChI is InChI=1S/2C10H23N.2BrH/c2*1-4-5-6-7-8-9-10(2,3)11;;/h2*4-9,11H2,1-3H3;2*1H. The second-order valence-electron chi connectivity index (χ2n) is 8.31. The van der Waals surface area contributed by atoms with Crippen LogP contribution in [0.5, 0.6) is 0 Å². The molecule has 0 aromatic rings. The minimum absolute atomic E-state index is 0. The minimum Gasteiger partial charge on any atom is -0.326 e. The van der Waals surface area contributed by atoms with Crippen molar-refractivity contribution in [3.63, 3.8) is 0 Å². The number of nitrogens with two attached hydrogens (primary N) is 2. The zero-order valence-corrected chi connectivity index (χ0v) is 20.9. The number of hydrogen-bond acceptors (Lipinski definition) is 2. The van der Waals surface area contributed by atoms with Crippen LogP contribution < -0.4 is 11.5 Å². The van der Waals surface area contributed by atoms with E-state index in [4.69, 9.17) is 11.5 Å². The molecule has 0 heterocycles. The molecule has 0 amide bonds. The van der Waals surface area contributed by atoms with Gasteiger partial charge in [0.1, 0.15) is 0 Å². The highest BCUT2D eigenvalue weighted by Gasteiger charge is 2.09. The quantitative estimate of drug-likeness (QED) is 0.290. The Morgan fingerprint density at radius 3 is 0.958 bits per heavy atom. The van der Waals surface area contributed by atoms with E-state index >= 15 is 0 Å². The predicted octanol–water partition coefficient (Wildman–Crippen LogP) is 7.32. The van der Waals surface area contributed by atoms with Crippen molar-refractivity contribution in [2.45, 2.75) is 130 Å². The molecule has 0 aromatic carbocycles. The normalized spacial score (nSPS) is 11.0. The van der Waals surface area contributed by atoms with Crippen molar-refractivity contribution < 1.29 is 0 Å². The van der Waals surface area contributed by atoms with E-state index in [0.29, 0.717) is 0 Å². The van der Waals surface area contributed by atoms with Gasteiger partial charge in [0.25, 0.3) is 0 Å². The van der Waals surface area contributed by atoms with Crippen molar-refractivity contribution in [3.05, 3.63) is 0 Å². The molecule has 0 unspecified atom stereocenters. The third kappa shape index (κ3) is 38.4. The topological polar surface area (TPSA) is 52.0 Å². The second-order valence-corrected chi connectivity index (χ2v) is 8.31. The molecule has 0 aliphatic rings. The fourth-order valence-electron chi connectivity index (χ4n) is 2.37. The Hall–Kier alpha value is 0.880. The first kappa shape index (κ1) is 32.5. The molecular formula is C20H48Br2N2. The molecule has 0 aliphatic heterocycles. The maximum Gasteiger partial charge on any atom is 0.00970 e. The maximum absolute atomic E-state index is 5.85. The van der Waals surface area contributed by atoms with Crippen molar-refractivity contribution >= 4 is 34.0 Å². The van der Waals surface area contributed by atoms with Crippen LogP contribution in [-0.4, -0.2) is 11.1 Å². The summed E-state index contributed by atoms with van der Waals surface area (Å²) in [7, 11) is 0. The van der Waals surface area contributed by atoms with Gasteiger partial charge in [-0.25, -0.2) is 0 Å². The molecule has 0 radical (unpaired) electrons. The fourth-order valence-corrected chi connectivity index (χ4v) is 2.37. The highest BCUT2D eigenvalue weighted by molar-refractivity contribution is 8.93. The first-order valence-electron chi connectivity index (χ1n) is 9.70. The average Bonchev–Trinajstić information content (AvgIpc) is 2.36. The molecule has 0 spiro atoms. The minimum atomic E-state index is 0. The van der Waals surface area contributed by atoms with Gasteiger partial charge in [0, 0.05) is 11.1 Å². The van der Waals surface area contributed by atoms with E-state index in [2.05, 4.69) is 41.5 Å². The number of rotatable bonds is 12. The van der Waals surface area contributed by atoms with E-state index in [0.717, 1.165) is 12.8 Å². The van der Waals surface area contributed by atoms with Gasteiger partial charge < -0.3 is 11.5 Å². The van der Waals surface area contributed by atoms with Crippen LogP contribution >= 0.6 is 34.0 Å². The first-order valence-corrected chi connectivity index (χ1v) is 9.70. The lowest BCUT2D eigenvalue weighted by atomic mass is 9.98. The molecule has 4 heteroatoms. The van der Waals surface area contributed by atoms with Gasteiger partial charge in [-0.1, -0.05) is 78.1 Å². The van der Waals surface area contributed by atoms with Crippen molar-refractivity contribution in [3.8, 4) is 0 Å². The molecule has 0 fully saturated rings. The third-order valence-electron chi connectivity index (χ3n) is 3.85. The van der Waals surface area contributed by atoms with Crippen LogP contribution in [0.2, 0.25) is 0 Å². The summed E-state index contributed by atoms with van der Waals surface area (Å²) in [5.74, 6) is 0. The van der Waals surface area contributed by atoms with E-state index < -0.39 is 0 Å². The van der Waals surface area contributed by atoms with Crippen LogP contribution in [0.4, 0.5) is 0 Å². The van der Waals surface area contributed by atoms with Gasteiger partial charge in [0.05, 0.1) is 0 Å². The smallest absolute Gasteiger partial charge is 0.00970 e. The van der Waals surface area contributed by atoms with Crippen LogP contribution in [0, 0.1) is 0 Å². The van der Waals surface area contributed by atoms with Gasteiger partial charge in [-0.15, -0.1) is 34.0 Å². The largest absolute Gasteiger partial charge is 0.326 e. The summed E-state index contributed by atoms with van der Waals surface area (Å²) < 4.78 is 0. The Kier molecular flexibility index (Phi) is 27.4. The molecule has 0 aromatic heterocycles. The Morgan fingerprint density at radius 1 is 0.500 bits per heavy atom. The molecule has 0 saturated carbocycles. The predicted molar refractivity (Wildman–Crippen MR) is 124 cm³/mol. The molecule has 152 valence electrons. The van der Waals surface area contributed by atoms with E-state index in [1.807, 2.05) is 0 Å². The second kappa shape index (κ2) is 20.2. The third-order valence-corrected chi connectivity index (χ3v) is 3.85. The van der Waals surface area contributed by atoms with Crippen molar-refractivity contribution in [2.75, 3.05) is 0 Å². The van der Waals surface area contributed by atoms with Gasteiger partial charge >= 0.3 is 0 Å². The molecule has 0 saturated heterocycles. The van der Waals surface area contributed by atoms with Crippen molar-refractivity contribution in [2.24, 2.45) is 11.5 Å². The van der Waals surface area contributed by atoms with Gasteiger partial charge in [-0.3, -0.25) is 0 Å². The summed E-state index contributed by atoms with van der Waals surface area (Å²) in [6, 6.07) is 0. The lowest BCUT2D eigenvalue weighted by Gasteiger charge is -2.17. The highest BCUT2D eigenvalue weighted by atomic mass is 79.9. The lowest BCUT2D eigenvalue weighted by Crippen LogP contribution is -2.31. The Bertz CT molecular complexity index is 197. The van der Waals surface area contributed by atoms with Crippen LogP contribution in [0.25, 0.3) is 0 Å². The van der Waals surface area contributed by atoms with E-state index in [1.165, 1.54) is 64.2 Å². The van der Waals surface area contributed by atoms with Gasteiger partial charge in [-0.05, 0) is 40.5 Å². The highest BCUT2D eigenvalue weighted by Crippen LogP contribution is 2.12. The lowest BCUT2D eigenvalue weighted by molar-refractivity contribution is 0.442. The fraction of sp³-hybridized carbons (Fsp3) is 1.00. The van der Waals surface area contributed by atoms with E-state index in [-0.39, 0.29) is 45.0 Å². The molecule has 0 rings (SSSR count). The molecular weight excluding hydrogens is 428 g/mol. The number of unbranched alkanes of at least 4 members (excludes halogenated alkanes) is 8. The molecule has 2 nitrogen and oxygen atoms in total. The van der Waals surface area contributed by atoms with Crippen LogP contribution in [0.15, 0.2) is 0 Å². The van der Waals surface area contributed by atoms with Gasteiger partial charge in [0.2, 0.25) is 0 Å². The summed E-state index contributed by atoms with van der Waals surface area (Å²) >= 11 is 0. The summed E-state index contributed by atoms with van der Waals surface area (Å²) in [4.78, 5) is 0. The van der Waals surface area contributed by atoms with Crippen LogP contribution in [-0.2, 0) is 0 Å². The molecule has 24 heavy (non-hydrogen) atoms. The average molecular weight is 476 g/mol. The molecule has 0 aliphatic carbocycles. The zero-order chi connectivity index (χ0) is 17.5. The number of halogens is 2. The molecule has 0 bridgehead atoms. The first-order chi connectivity index (χ1) is 10.1. The number of hydrogen-bond donors (Lipinski definition) is 2.